The molecule has 122 valence electrons. The molecule has 0 saturated heterocycles. The first-order chi connectivity index (χ1) is 11.0. The minimum atomic E-state index is -0.170. The largest absolute Gasteiger partial charge is 0.493 e. The summed E-state index contributed by atoms with van der Waals surface area (Å²) in [6, 6.07) is 12.7. The zero-order valence-corrected chi connectivity index (χ0v) is 13.6. The number of para-hydroxylation sites is 1. The Morgan fingerprint density at radius 2 is 1.83 bits per heavy atom. The molecule has 2 rings (SSSR count). The van der Waals surface area contributed by atoms with Crippen LogP contribution in [-0.4, -0.2) is 26.2 Å². The van der Waals surface area contributed by atoms with Crippen molar-refractivity contribution in [2.75, 3.05) is 20.0 Å². The van der Waals surface area contributed by atoms with Gasteiger partial charge in [0.05, 0.1) is 19.8 Å². The van der Waals surface area contributed by atoms with Crippen LogP contribution >= 0.6 is 0 Å². The van der Waals surface area contributed by atoms with Gasteiger partial charge >= 0.3 is 0 Å². The Hall–Kier alpha value is -2.69. The second-order valence-corrected chi connectivity index (χ2v) is 5.36. The Morgan fingerprint density at radius 3 is 2.48 bits per heavy atom. The molecular weight excluding hydrogens is 292 g/mol. The zero-order chi connectivity index (χ0) is 16.8. The average molecular weight is 314 g/mol. The first-order valence-electron chi connectivity index (χ1n) is 7.41. The predicted octanol–water partition coefficient (Wildman–Crippen LogP) is 2.65. The predicted molar refractivity (Wildman–Crippen MR) is 91.0 cm³/mol. The van der Waals surface area contributed by atoms with Crippen molar-refractivity contribution < 1.29 is 14.3 Å². The smallest absolute Gasteiger partial charge is 0.253 e. The van der Waals surface area contributed by atoms with Crippen molar-refractivity contribution in [3.8, 4) is 11.5 Å². The lowest BCUT2D eigenvalue weighted by molar-refractivity contribution is 0.0941. The molecule has 0 saturated carbocycles. The third-order valence-electron chi connectivity index (χ3n) is 3.57. The Labute approximate surface area is 136 Å². The normalized spacial score (nSPS) is 11.6. The van der Waals surface area contributed by atoms with E-state index in [1.54, 1.807) is 38.5 Å². The topological polar surface area (TPSA) is 73.6 Å². The number of hydrogen-bond acceptors (Lipinski definition) is 4. The van der Waals surface area contributed by atoms with Gasteiger partial charge in [-0.3, -0.25) is 4.79 Å². The van der Waals surface area contributed by atoms with E-state index in [1.807, 2.05) is 25.1 Å². The molecule has 0 aliphatic heterocycles. The Kier molecular flexibility index (Phi) is 5.46. The van der Waals surface area contributed by atoms with Crippen LogP contribution < -0.4 is 20.5 Å². The molecule has 0 aromatic heterocycles. The third kappa shape index (κ3) is 4.16. The maximum Gasteiger partial charge on any atom is 0.253 e. The number of nitrogen functional groups attached to an aromatic ring is 1. The number of rotatable bonds is 6. The van der Waals surface area contributed by atoms with Crippen molar-refractivity contribution in [2.45, 2.75) is 19.4 Å². The first kappa shape index (κ1) is 16.7. The van der Waals surface area contributed by atoms with Crippen LogP contribution in [-0.2, 0) is 6.42 Å². The molecule has 0 bridgehead atoms. The summed E-state index contributed by atoms with van der Waals surface area (Å²) in [7, 11) is 3.20. The SMILES string of the molecule is COc1ccc(CC(C)NC(=O)c2ccccc2N)cc1OC. The molecule has 5 nitrogen and oxygen atoms in total. The van der Waals surface area contributed by atoms with Gasteiger partial charge in [-0.05, 0) is 43.2 Å². The first-order valence-corrected chi connectivity index (χ1v) is 7.41. The molecule has 0 fully saturated rings. The molecule has 0 heterocycles. The van der Waals surface area contributed by atoms with E-state index in [4.69, 9.17) is 15.2 Å². The molecular formula is C18H22N2O3. The van der Waals surface area contributed by atoms with E-state index in [0.717, 1.165) is 5.56 Å². The fraction of sp³-hybridized carbons (Fsp3) is 0.278. The van der Waals surface area contributed by atoms with Crippen LogP contribution in [0.25, 0.3) is 0 Å². The molecule has 1 unspecified atom stereocenters. The van der Waals surface area contributed by atoms with E-state index in [9.17, 15) is 4.79 Å². The number of nitrogens with one attached hydrogen (secondary N) is 1. The van der Waals surface area contributed by atoms with Crippen LogP contribution in [0.2, 0.25) is 0 Å². The number of carbonyl (C=O) groups excluding carboxylic acids is 1. The summed E-state index contributed by atoms with van der Waals surface area (Å²) in [5.74, 6) is 1.19. The lowest BCUT2D eigenvalue weighted by Crippen LogP contribution is -2.34. The van der Waals surface area contributed by atoms with Gasteiger partial charge in [0.15, 0.2) is 11.5 Å². The van der Waals surface area contributed by atoms with Crippen LogP contribution in [0, 0.1) is 0 Å². The number of hydrogen-bond donors (Lipinski definition) is 2. The molecule has 1 amide bonds. The molecule has 23 heavy (non-hydrogen) atoms. The lowest BCUT2D eigenvalue weighted by atomic mass is 10.1. The maximum absolute atomic E-state index is 12.3. The van der Waals surface area contributed by atoms with Crippen molar-refractivity contribution in [1.82, 2.24) is 5.32 Å². The fourth-order valence-corrected chi connectivity index (χ4v) is 2.42. The van der Waals surface area contributed by atoms with Crippen molar-refractivity contribution in [2.24, 2.45) is 0 Å². The summed E-state index contributed by atoms with van der Waals surface area (Å²) in [6.45, 7) is 1.95. The van der Waals surface area contributed by atoms with Gasteiger partial charge in [0.25, 0.3) is 5.91 Å². The Balaban J connectivity index is 2.03. The minimum Gasteiger partial charge on any atom is -0.493 e. The second-order valence-electron chi connectivity index (χ2n) is 5.36. The van der Waals surface area contributed by atoms with Gasteiger partial charge in [-0.25, -0.2) is 0 Å². The standard InChI is InChI=1S/C18H22N2O3/c1-12(20-18(21)14-6-4-5-7-15(14)19)10-13-8-9-16(22-2)17(11-13)23-3/h4-9,11-12H,10,19H2,1-3H3,(H,20,21). The average Bonchev–Trinajstić information content (AvgIpc) is 2.54. The third-order valence-corrected chi connectivity index (χ3v) is 3.57. The van der Waals surface area contributed by atoms with E-state index in [0.29, 0.717) is 29.2 Å². The van der Waals surface area contributed by atoms with Gasteiger partial charge in [-0.2, -0.15) is 0 Å². The number of carbonyl (C=O) groups is 1. The van der Waals surface area contributed by atoms with Crippen molar-refractivity contribution in [1.29, 1.82) is 0 Å². The second kappa shape index (κ2) is 7.54. The van der Waals surface area contributed by atoms with Crippen LogP contribution in [0.3, 0.4) is 0 Å². The van der Waals surface area contributed by atoms with Gasteiger partial charge < -0.3 is 20.5 Å². The maximum atomic E-state index is 12.3. The fourth-order valence-electron chi connectivity index (χ4n) is 2.42. The highest BCUT2D eigenvalue weighted by atomic mass is 16.5. The van der Waals surface area contributed by atoms with E-state index >= 15 is 0 Å². The number of anilines is 1. The number of nitrogens with two attached hydrogens (primary N) is 1. The van der Waals surface area contributed by atoms with Gasteiger partial charge in [0, 0.05) is 11.7 Å². The molecule has 3 N–H and O–H groups in total. The Bertz CT molecular complexity index is 686. The number of ether oxygens (including phenoxy) is 2. The summed E-state index contributed by atoms with van der Waals surface area (Å²) in [4.78, 5) is 12.3. The number of methoxy groups -OCH3 is 2. The highest BCUT2D eigenvalue weighted by molar-refractivity contribution is 5.99. The Morgan fingerprint density at radius 1 is 1.13 bits per heavy atom. The molecule has 2 aromatic rings. The van der Waals surface area contributed by atoms with Crippen molar-refractivity contribution >= 4 is 11.6 Å². The summed E-state index contributed by atoms with van der Waals surface area (Å²) in [5.41, 5.74) is 7.85. The lowest BCUT2D eigenvalue weighted by Gasteiger charge is -2.16. The van der Waals surface area contributed by atoms with Gasteiger partial charge in [0.2, 0.25) is 0 Å². The van der Waals surface area contributed by atoms with Crippen LogP contribution in [0.4, 0.5) is 5.69 Å². The van der Waals surface area contributed by atoms with E-state index in [-0.39, 0.29) is 11.9 Å². The van der Waals surface area contributed by atoms with Gasteiger partial charge in [-0.15, -0.1) is 0 Å². The van der Waals surface area contributed by atoms with E-state index in [1.165, 1.54) is 0 Å². The molecule has 2 aromatic carbocycles. The summed E-state index contributed by atoms with van der Waals surface area (Å²) in [5, 5.41) is 2.96. The molecule has 5 heteroatoms. The zero-order valence-electron chi connectivity index (χ0n) is 13.6. The summed E-state index contributed by atoms with van der Waals surface area (Å²) in [6.07, 6.45) is 0.679. The van der Waals surface area contributed by atoms with Crippen molar-refractivity contribution in [3.05, 3.63) is 53.6 Å². The van der Waals surface area contributed by atoms with Gasteiger partial charge in [-0.1, -0.05) is 18.2 Å². The molecule has 0 aliphatic carbocycles. The number of amides is 1. The van der Waals surface area contributed by atoms with Crippen LogP contribution in [0.1, 0.15) is 22.8 Å². The molecule has 0 radical (unpaired) electrons. The summed E-state index contributed by atoms with van der Waals surface area (Å²) >= 11 is 0. The monoisotopic (exact) mass is 314 g/mol. The summed E-state index contributed by atoms with van der Waals surface area (Å²) < 4.78 is 10.5. The molecule has 1 atom stereocenters. The number of benzene rings is 2. The van der Waals surface area contributed by atoms with Crippen molar-refractivity contribution in [3.63, 3.8) is 0 Å². The molecule has 0 spiro atoms. The van der Waals surface area contributed by atoms with Crippen LogP contribution in [0.15, 0.2) is 42.5 Å². The van der Waals surface area contributed by atoms with E-state index in [2.05, 4.69) is 5.32 Å². The van der Waals surface area contributed by atoms with E-state index < -0.39 is 0 Å². The highest BCUT2D eigenvalue weighted by Crippen LogP contribution is 2.28. The molecule has 0 aliphatic rings. The van der Waals surface area contributed by atoms with Gasteiger partial charge in [0.1, 0.15) is 0 Å². The van der Waals surface area contributed by atoms with Crippen LogP contribution in [0.5, 0.6) is 11.5 Å². The highest BCUT2D eigenvalue weighted by Gasteiger charge is 2.13. The minimum absolute atomic E-state index is 0.0415. The quantitative estimate of drug-likeness (QED) is 0.804.